The molecule has 0 bridgehead atoms. The number of aliphatic imine (C=N–C) groups is 2. The molecule has 0 spiro atoms. The molecule has 0 radical (unpaired) electrons. The molecule has 0 unspecified atom stereocenters. The lowest BCUT2D eigenvalue weighted by Gasteiger charge is -1.88. The number of hydrogen-bond donors (Lipinski definition) is 2. The van der Waals surface area contributed by atoms with Crippen LogP contribution in [0.1, 0.15) is 22.5 Å². The van der Waals surface area contributed by atoms with E-state index in [1.165, 1.54) is 11.3 Å². The third-order valence-corrected chi connectivity index (χ3v) is 3.99. The predicted molar refractivity (Wildman–Crippen MR) is 89.8 cm³/mol. The van der Waals surface area contributed by atoms with Crippen molar-refractivity contribution in [3.05, 3.63) is 59.2 Å². The zero-order valence-corrected chi connectivity index (χ0v) is 12.6. The summed E-state index contributed by atoms with van der Waals surface area (Å²) >= 11 is 1.21. The summed E-state index contributed by atoms with van der Waals surface area (Å²) in [4.78, 5) is 14.6. The van der Waals surface area contributed by atoms with Crippen molar-refractivity contribution in [3.63, 3.8) is 0 Å². The predicted octanol–water partition coefficient (Wildman–Crippen LogP) is 3.65. The Kier molecular flexibility index (Phi) is 4.14. The Morgan fingerprint density at radius 1 is 0.870 bits per heavy atom. The van der Waals surface area contributed by atoms with Crippen LogP contribution < -0.4 is 0 Å². The number of nitrogens with one attached hydrogen (secondary N) is 2. The summed E-state index contributed by atoms with van der Waals surface area (Å²) in [6, 6.07) is 11.5. The maximum atomic E-state index is 9.32. The van der Waals surface area contributed by atoms with Crippen molar-refractivity contribution in [3.8, 4) is 12.1 Å². The smallest absolute Gasteiger partial charge is 0.137 e. The minimum atomic E-state index is 0.249. The maximum Gasteiger partial charge on any atom is 0.137 e. The van der Waals surface area contributed by atoms with Gasteiger partial charge >= 0.3 is 0 Å². The standard InChI is InChI=1S/C16H10N6S/c17-7-13-14(8-18)16(22-10-12-4-2-6-20-12)23-15(13)21-9-11-3-1-5-19-11/h1-6,9-10,19-20H/b21-9+,22-10+. The van der Waals surface area contributed by atoms with Crippen LogP contribution in [0.15, 0.2) is 46.6 Å². The van der Waals surface area contributed by atoms with Crippen molar-refractivity contribution in [2.75, 3.05) is 0 Å². The largest absolute Gasteiger partial charge is 0.360 e. The first-order chi connectivity index (χ1) is 11.3. The van der Waals surface area contributed by atoms with Gasteiger partial charge in [0.25, 0.3) is 0 Å². The van der Waals surface area contributed by atoms with Crippen LogP contribution >= 0.6 is 11.3 Å². The van der Waals surface area contributed by atoms with E-state index in [4.69, 9.17) is 0 Å². The molecule has 0 atom stereocenters. The summed E-state index contributed by atoms with van der Waals surface area (Å²) < 4.78 is 0. The Bertz CT molecular complexity index is 854. The third kappa shape index (κ3) is 3.10. The molecule has 3 aromatic rings. The van der Waals surface area contributed by atoms with E-state index in [9.17, 15) is 10.5 Å². The first-order valence-electron chi connectivity index (χ1n) is 6.63. The highest BCUT2D eigenvalue weighted by Crippen LogP contribution is 2.40. The molecule has 110 valence electrons. The Labute approximate surface area is 136 Å². The molecule has 7 heteroatoms. The number of hydrogen-bond acceptors (Lipinski definition) is 5. The van der Waals surface area contributed by atoms with Crippen LogP contribution in [-0.4, -0.2) is 22.4 Å². The van der Waals surface area contributed by atoms with Gasteiger partial charge in [0.2, 0.25) is 0 Å². The fourth-order valence-electron chi connectivity index (χ4n) is 1.90. The molecule has 6 nitrogen and oxygen atoms in total. The lowest BCUT2D eigenvalue weighted by atomic mass is 10.2. The van der Waals surface area contributed by atoms with Gasteiger partial charge in [-0.3, -0.25) is 0 Å². The summed E-state index contributed by atoms with van der Waals surface area (Å²) in [7, 11) is 0. The van der Waals surface area contributed by atoms with E-state index in [0.717, 1.165) is 11.4 Å². The zero-order chi connectivity index (χ0) is 16.1. The first-order valence-corrected chi connectivity index (χ1v) is 7.45. The van der Waals surface area contributed by atoms with Gasteiger partial charge in [-0.15, -0.1) is 0 Å². The highest BCUT2D eigenvalue weighted by Gasteiger charge is 2.17. The van der Waals surface area contributed by atoms with Crippen LogP contribution in [0.2, 0.25) is 0 Å². The van der Waals surface area contributed by atoms with E-state index in [0.29, 0.717) is 10.0 Å². The van der Waals surface area contributed by atoms with Gasteiger partial charge in [-0.2, -0.15) is 10.5 Å². The fraction of sp³-hybridized carbons (Fsp3) is 0. The van der Waals surface area contributed by atoms with Gasteiger partial charge in [-0.1, -0.05) is 11.3 Å². The van der Waals surface area contributed by atoms with E-state index < -0.39 is 0 Å². The van der Waals surface area contributed by atoms with Crippen LogP contribution in [0.25, 0.3) is 0 Å². The van der Waals surface area contributed by atoms with Crippen molar-refractivity contribution in [2.24, 2.45) is 9.98 Å². The molecule has 0 aliphatic rings. The van der Waals surface area contributed by atoms with Crippen LogP contribution in [-0.2, 0) is 0 Å². The van der Waals surface area contributed by atoms with Crippen molar-refractivity contribution >= 4 is 33.8 Å². The molecule has 3 aromatic heterocycles. The molecule has 0 fully saturated rings. The summed E-state index contributed by atoms with van der Waals surface area (Å²) in [5, 5.41) is 19.6. The SMILES string of the molecule is N#Cc1c(/N=C/c2ccc[nH]2)sc(/N=C/c2ccc[nH]2)c1C#N. The first kappa shape index (κ1) is 14.5. The quantitative estimate of drug-likeness (QED) is 0.717. The number of nitriles is 2. The molecule has 3 rings (SSSR count). The molecule has 0 saturated carbocycles. The zero-order valence-electron chi connectivity index (χ0n) is 11.8. The summed E-state index contributed by atoms with van der Waals surface area (Å²) in [5.74, 6) is 0. The van der Waals surface area contributed by atoms with Crippen molar-refractivity contribution < 1.29 is 0 Å². The monoisotopic (exact) mass is 318 g/mol. The molecule has 0 amide bonds. The number of aromatic amines is 2. The van der Waals surface area contributed by atoms with Gasteiger partial charge in [0.15, 0.2) is 0 Å². The second kappa shape index (κ2) is 6.56. The van der Waals surface area contributed by atoms with Gasteiger partial charge in [-0.05, 0) is 24.3 Å². The van der Waals surface area contributed by atoms with Crippen LogP contribution in [0.5, 0.6) is 0 Å². The van der Waals surface area contributed by atoms with Crippen molar-refractivity contribution in [1.29, 1.82) is 10.5 Å². The molecule has 3 heterocycles. The lowest BCUT2D eigenvalue weighted by molar-refractivity contribution is 1.38. The van der Waals surface area contributed by atoms with E-state index in [-0.39, 0.29) is 11.1 Å². The van der Waals surface area contributed by atoms with E-state index in [1.807, 2.05) is 36.4 Å². The number of H-pyrrole nitrogens is 2. The van der Waals surface area contributed by atoms with E-state index in [1.54, 1.807) is 24.8 Å². The minimum Gasteiger partial charge on any atom is -0.360 e. The molecule has 2 N–H and O–H groups in total. The second-order valence-electron chi connectivity index (χ2n) is 4.45. The molecule has 0 aromatic carbocycles. The average Bonchev–Trinajstić information content (AvgIpc) is 3.30. The van der Waals surface area contributed by atoms with Crippen LogP contribution in [0.4, 0.5) is 10.0 Å². The van der Waals surface area contributed by atoms with Gasteiger partial charge in [0, 0.05) is 12.4 Å². The van der Waals surface area contributed by atoms with E-state index >= 15 is 0 Å². The van der Waals surface area contributed by atoms with Crippen LogP contribution in [0, 0.1) is 22.7 Å². The molecular formula is C16H10N6S. The van der Waals surface area contributed by atoms with E-state index in [2.05, 4.69) is 20.0 Å². The number of aromatic nitrogens is 2. The average molecular weight is 318 g/mol. The minimum absolute atomic E-state index is 0.249. The van der Waals surface area contributed by atoms with Gasteiger partial charge in [0.1, 0.15) is 33.3 Å². The number of rotatable bonds is 4. The maximum absolute atomic E-state index is 9.32. The Balaban J connectivity index is 1.98. The molecule has 0 saturated heterocycles. The Hall–Kier alpha value is -3.42. The fourth-order valence-corrected chi connectivity index (χ4v) is 2.80. The normalized spacial score (nSPS) is 11.0. The van der Waals surface area contributed by atoms with Gasteiger partial charge in [-0.25, -0.2) is 9.98 Å². The molecular weight excluding hydrogens is 308 g/mol. The van der Waals surface area contributed by atoms with Gasteiger partial charge in [0.05, 0.1) is 23.8 Å². The number of nitrogens with zero attached hydrogens (tertiary/aromatic N) is 4. The molecule has 0 aliphatic carbocycles. The molecule has 0 aliphatic heterocycles. The van der Waals surface area contributed by atoms with Crippen molar-refractivity contribution in [2.45, 2.75) is 0 Å². The highest BCUT2D eigenvalue weighted by molar-refractivity contribution is 7.20. The number of thiophene rings is 1. The summed E-state index contributed by atoms with van der Waals surface area (Å²) in [6.45, 7) is 0. The summed E-state index contributed by atoms with van der Waals surface area (Å²) in [6.07, 6.45) is 6.81. The Morgan fingerprint density at radius 3 is 1.70 bits per heavy atom. The summed E-state index contributed by atoms with van der Waals surface area (Å²) in [5.41, 5.74) is 2.13. The topological polar surface area (TPSA) is 104 Å². The highest BCUT2D eigenvalue weighted by atomic mass is 32.1. The molecule has 23 heavy (non-hydrogen) atoms. The van der Waals surface area contributed by atoms with Crippen molar-refractivity contribution in [1.82, 2.24) is 9.97 Å². The van der Waals surface area contributed by atoms with Crippen LogP contribution in [0.3, 0.4) is 0 Å². The second-order valence-corrected chi connectivity index (χ2v) is 5.43. The third-order valence-electron chi connectivity index (χ3n) is 2.98. The lowest BCUT2D eigenvalue weighted by Crippen LogP contribution is -1.80. The van der Waals surface area contributed by atoms with Gasteiger partial charge < -0.3 is 9.97 Å². The Morgan fingerprint density at radius 2 is 1.35 bits per heavy atom.